The van der Waals surface area contributed by atoms with Gasteiger partial charge in [-0.2, -0.15) is 0 Å². The molecular formula is C23H35N3O3. The molecule has 2 fully saturated rings. The van der Waals surface area contributed by atoms with E-state index in [9.17, 15) is 9.59 Å². The first-order chi connectivity index (χ1) is 14.0. The number of rotatable bonds is 8. The Kier molecular flexibility index (Phi) is 7.67. The maximum atomic E-state index is 12.4. The molecule has 29 heavy (non-hydrogen) atoms. The molecule has 0 saturated carbocycles. The number of piperazine rings is 1. The van der Waals surface area contributed by atoms with Gasteiger partial charge in [0.1, 0.15) is 0 Å². The van der Waals surface area contributed by atoms with Gasteiger partial charge in [0.15, 0.2) is 0 Å². The highest BCUT2D eigenvalue weighted by molar-refractivity contribution is 5.99. The molecule has 1 atom stereocenters. The minimum Gasteiger partial charge on any atom is -0.465 e. The normalized spacial score (nSPS) is 21.2. The predicted molar refractivity (Wildman–Crippen MR) is 115 cm³/mol. The molecule has 0 aromatic heterocycles. The molecule has 1 aromatic carbocycles. The average Bonchev–Trinajstić information content (AvgIpc) is 3.13. The highest BCUT2D eigenvalue weighted by Gasteiger charge is 2.36. The first-order valence-corrected chi connectivity index (χ1v) is 11.0. The number of benzene rings is 1. The highest BCUT2D eigenvalue weighted by Crippen LogP contribution is 2.26. The Morgan fingerprint density at radius 2 is 1.83 bits per heavy atom. The van der Waals surface area contributed by atoms with Gasteiger partial charge in [-0.1, -0.05) is 19.1 Å². The molecule has 0 aliphatic carbocycles. The summed E-state index contributed by atoms with van der Waals surface area (Å²) in [6.07, 6.45) is 2.05. The number of hydrogen-bond donors (Lipinski definition) is 0. The molecule has 160 valence electrons. The maximum Gasteiger partial charge on any atom is 0.311 e. The fraction of sp³-hybridized carbons (Fsp3) is 0.652. The third-order valence-corrected chi connectivity index (χ3v) is 6.11. The van der Waals surface area contributed by atoms with Gasteiger partial charge in [0.25, 0.3) is 0 Å². The van der Waals surface area contributed by atoms with Crippen molar-refractivity contribution in [2.75, 3.05) is 50.8 Å². The van der Waals surface area contributed by atoms with E-state index in [-0.39, 0.29) is 24.2 Å². The molecule has 0 N–H and O–H groups in total. The molecule has 0 bridgehead atoms. The Labute approximate surface area is 174 Å². The molecule has 2 heterocycles. The molecule has 1 aromatic rings. The van der Waals surface area contributed by atoms with Crippen LogP contribution in [-0.4, -0.2) is 73.6 Å². The monoisotopic (exact) mass is 401 g/mol. The number of esters is 1. The van der Waals surface area contributed by atoms with Gasteiger partial charge >= 0.3 is 5.97 Å². The van der Waals surface area contributed by atoms with E-state index in [1.54, 1.807) is 4.90 Å². The predicted octanol–water partition coefficient (Wildman–Crippen LogP) is 2.56. The number of anilines is 1. The summed E-state index contributed by atoms with van der Waals surface area (Å²) in [5.41, 5.74) is 2.10. The lowest BCUT2D eigenvalue weighted by Gasteiger charge is -2.36. The molecule has 0 unspecified atom stereocenters. The number of aryl methyl sites for hydroxylation is 1. The van der Waals surface area contributed by atoms with Crippen molar-refractivity contribution in [1.29, 1.82) is 0 Å². The Bertz CT molecular complexity index is 681. The number of hydrogen-bond acceptors (Lipinski definition) is 5. The van der Waals surface area contributed by atoms with Crippen molar-refractivity contribution in [3.63, 3.8) is 0 Å². The van der Waals surface area contributed by atoms with Crippen molar-refractivity contribution < 1.29 is 14.3 Å². The molecule has 2 aliphatic heterocycles. The smallest absolute Gasteiger partial charge is 0.311 e. The molecule has 6 heteroatoms. The van der Waals surface area contributed by atoms with Crippen LogP contribution >= 0.6 is 0 Å². The third kappa shape index (κ3) is 5.80. The summed E-state index contributed by atoms with van der Waals surface area (Å²) in [6, 6.07) is 8.61. The first kappa shape index (κ1) is 21.8. The standard InChI is InChI=1S/C23H35N3O3/c1-4-19-6-8-21(9-7-19)26-17-20(16-22(26)27)23(28)29-15-5-10-24-11-13-25(14-12-24)18(2)3/h6-9,18,20H,4-5,10-17H2,1-3H3/t20-/m0/s1. The van der Waals surface area contributed by atoms with E-state index in [2.05, 4.69) is 30.6 Å². The van der Waals surface area contributed by atoms with E-state index < -0.39 is 0 Å². The Balaban J connectivity index is 1.37. The minimum absolute atomic E-state index is 0.000720. The van der Waals surface area contributed by atoms with Gasteiger partial charge in [-0.3, -0.25) is 14.5 Å². The Hall–Kier alpha value is -1.92. The highest BCUT2D eigenvalue weighted by atomic mass is 16.5. The summed E-state index contributed by atoms with van der Waals surface area (Å²) in [7, 11) is 0. The summed E-state index contributed by atoms with van der Waals surface area (Å²) in [6.45, 7) is 12.8. The van der Waals surface area contributed by atoms with Crippen LogP contribution in [0, 0.1) is 5.92 Å². The number of nitrogens with zero attached hydrogens (tertiary/aromatic N) is 3. The van der Waals surface area contributed by atoms with Gasteiger partial charge < -0.3 is 14.5 Å². The molecule has 3 rings (SSSR count). The summed E-state index contributed by atoms with van der Waals surface area (Å²) in [5, 5.41) is 0. The van der Waals surface area contributed by atoms with Crippen molar-refractivity contribution in [2.24, 2.45) is 5.92 Å². The topological polar surface area (TPSA) is 53.1 Å². The van der Waals surface area contributed by atoms with E-state index >= 15 is 0 Å². The van der Waals surface area contributed by atoms with E-state index in [0.717, 1.165) is 51.3 Å². The van der Waals surface area contributed by atoms with Crippen LogP contribution < -0.4 is 4.90 Å². The van der Waals surface area contributed by atoms with Crippen LogP contribution in [0.1, 0.15) is 39.2 Å². The fourth-order valence-electron chi connectivity index (χ4n) is 4.11. The average molecular weight is 402 g/mol. The molecular weight excluding hydrogens is 366 g/mol. The summed E-state index contributed by atoms with van der Waals surface area (Å²) in [4.78, 5) is 31.4. The van der Waals surface area contributed by atoms with Gasteiger partial charge in [0.2, 0.25) is 5.91 Å². The van der Waals surface area contributed by atoms with Gasteiger partial charge in [-0.25, -0.2) is 0 Å². The summed E-state index contributed by atoms with van der Waals surface area (Å²) < 4.78 is 5.49. The van der Waals surface area contributed by atoms with Crippen molar-refractivity contribution in [3.8, 4) is 0 Å². The zero-order chi connectivity index (χ0) is 20.8. The van der Waals surface area contributed by atoms with Gasteiger partial charge in [0, 0.05) is 57.4 Å². The number of carbonyl (C=O) groups is 2. The maximum absolute atomic E-state index is 12.4. The lowest BCUT2D eigenvalue weighted by molar-refractivity contribution is -0.148. The Morgan fingerprint density at radius 1 is 1.14 bits per heavy atom. The van der Waals surface area contributed by atoms with Gasteiger partial charge in [-0.05, 0) is 44.4 Å². The van der Waals surface area contributed by atoms with E-state index in [1.165, 1.54) is 5.56 Å². The van der Waals surface area contributed by atoms with Crippen LogP contribution in [0.15, 0.2) is 24.3 Å². The molecule has 6 nitrogen and oxygen atoms in total. The van der Waals surface area contributed by atoms with Crippen LogP contribution in [0.25, 0.3) is 0 Å². The second-order valence-electron chi connectivity index (χ2n) is 8.42. The molecule has 0 spiro atoms. The van der Waals surface area contributed by atoms with Crippen molar-refractivity contribution in [3.05, 3.63) is 29.8 Å². The van der Waals surface area contributed by atoms with E-state index in [1.807, 2.05) is 24.3 Å². The van der Waals surface area contributed by atoms with Gasteiger partial charge in [-0.15, -0.1) is 0 Å². The Morgan fingerprint density at radius 3 is 2.45 bits per heavy atom. The lowest BCUT2D eigenvalue weighted by Crippen LogP contribution is -2.49. The fourth-order valence-corrected chi connectivity index (χ4v) is 4.11. The van der Waals surface area contributed by atoms with E-state index in [4.69, 9.17) is 4.74 Å². The molecule has 1 amide bonds. The van der Waals surface area contributed by atoms with Gasteiger partial charge in [0.05, 0.1) is 12.5 Å². The number of amides is 1. The van der Waals surface area contributed by atoms with Crippen LogP contribution in [0.3, 0.4) is 0 Å². The van der Waals surface area contributed by atoms with Crippen molar-refractivity contribution >= 4 is 17.6 Å². The summed E-state index contributed by atoms with van der Waals surface area (Å²) >= 11 is 0. The van der Waals surface area contributed by atoms with Crippen molar-refractivity contribution in [1.82, 2.24) is 9.80 Å². The zero-order valence-corrected chi connectivity index (χ0v) is 18.1. The summed E-state index contributed by atoms with van der Waals surface area (Å²) in [5.74, 6) is -0.599. The van der Waals surface area contributed by atoms with Crippen LogP contribution in [0.4, 0.5) is 5.69 Å². The quantitative estimate of drug-likeness (QED) is 0.495. The zero-order valence-electron chi connectivity index (χ0n) is 18.1. The minimum atomic E-state index is -0.358. The van der Waals surface area contributed by atoms with E-state index in [0.29, 0.717) is 19.2 Å². The van der Waals surface area contributed by atoms with Crippen molar-refractivity contribution in [2.45, 2.75) is 46.1 Å². The molecule has 2 saturated heterocycles. The van der Waals surface area contributed by atoms with Crippen LogP contribution in [-0.2, 0) is 20.7 Å². The largest absolute Gasteiger partial charge is 0.465 e. The second-order valence-corrected chi connectivity index (χ2v) is 8.42. The number of carbonyl (C=O) groups excluding carboxylic acids is 2. The first-order valence-electron chi connectivity index (χ1n) is 11.0. The number of ether oxygens (including phenoxy) is 1. The SMILES string of the molecule is CCc1ccc(N2C[C@@H](C(=O)OCCCN3CCN(C(C)C)CC3)CC2=O)cc1. The lowest BCUT2D eigenvalue weighted by atomic mass is 10.1. The van der Waals surface area contributed by atoms with Crippen LogP contribution in [0.2, 0.25) is 0 Å². The third-order valence-electron chi connectivity index (χ3n) is 6.11. The molecule has 0 radical (unpaired) electrons. The van der Waals surface area contributed by atoms with Crippen LogP contribution in [0.5, 0.6) is 0 Å². The molecule has 2 aliphatic rings. The second kappa shape index (κ2) is 10.2.